The molecule has 10 rings (SSSR count). The standard InChI is InChI=1S/C27H22.C13H3F4N3.C12H15BN2O2.C7BrF4N.Na.H/c1-18-3-7-20(8-4-18)22-11-13-24-15-25-14-12-23(17-27(25)26(24)16-22)21-9-5-19(2)6-10-21;14-10-8(4-19)11(15)13(17)9(12(10)16)6-1-2-7(3-18)20-5-6;1-11(2)12(3,4)17-13(16-11)9-5-6-10(7-14)15-8-9;8-3-6(11)4(9)2(1-13)5(10)7(3)12;;/h3-14,16-17H,15H2,1-2H3;1-2,5H;5-6,8H,1-4H3;;;/q;;;;+1;-1. The summed E-state index contributed by atoms with van der Waals surface area (Å²) in [4.78, 5) is 7.57. The van der Waals surface area contributed by atoms with E-state index < -0.39 is 74.8 Å². The van der Waals surface area contributed by atoms with Gasteiger partial charge < -0.3 is 10.7 Å². The fourth-order valence-corrected chi connectivity index (χ4v) is 8.25. The van der Waals surface area contributed by atoms with E-state index >= 15 is 0 Å². The van der Waals surface area contributed by atoms with Gasteiger partial charge in [-0.15, -0.1) is 0 Å². The van der Waals surface area contributed by atoms with Crippen molar-refractivity contribution in [3.05, 3.63) is 217 Å². The molecule has 2 aliphatic rings. The van der Waals surface area contributed by atoms with Crippen LogP contribution in [-0.4, -0.2) is 28.3 Å². The van der Waals surface area contributed by atoms with Crippen molar-refractivity contribution in [2.75, 3.05) is 0 Å². The molecule has 386 valence electrons. The van der Waals surface area contributed by atoms with Crippen molar-refractivity contribution in [1.82, 2.24) is 9.97 Å². The van der Waals surface area contributed by atoms with E-state index in [1.165, 1.54) is 55.6 Å². The van der Waals surface area contributed by atoms with Crippen molar-refractivity contribution in [2.24, 2.45) is 0 Å². The monoisotopic (exact) mass is 1130 g/mol. The summed E-state index contributed by atoms with van der Waals surface area (Å²) in [5.41, 5.74) is 10.1. The molecule has 0 unspecified atom stereocenters. The number of halogens is 9. The number of aryl methyl sites for hydroxylation is 2. The van der Waals surface area contributed by atoms with Gasteiger partial charge in [0.05, 0.1) is 21.2 Å². The van der Waals surface area contributed by atoms with E-state index in [1.807, 2.05) is 39.8 Å². The van der Waals surface area contributed by atoms with Crippen molar-refractivity contribution < 1.29 is 75.4 Å². The number of benzene rings is 6. The number of fused-ring (bicyclic) bond motifs is 3. The second-order valence-corrected chi connectivity index (χ2v) is 19.3. The molecule has 0 atom stereocenters. The van der Waals surface area contributed by atoms with Gasteiger partial charge in [-0.25, -0.2) is 45.1 Å². The number of nitriles is 4. The van der Waals surface area contributed by atoms with Gasteiger partial charge in [0.15, 0.2) is 46.5 Å². The molecule has 19 heteroatoms. The second-order valence-electron chi connectivity index (χ2n) is 18.5. The summed E-state index contributed by atoms with van der Waals surface area (Å²) in [6.07, 6.45) is 3.57. The molecule has 3 heterocycles. The van der Waals surface area contributed by atoms with E-state index in [9.17, 15) is 35.1 Å². The maximum absolute atomic E-state index is 13.7. The Labute approximate surface area is 477 Å². The predicted octanol–water partition coefficient (Wildman–Crippen LogP) is 11.5. The summed E-state index contributed by atoms with van der Waals surface area (Å²) in [6.45, 7) is 12.3. The maximum atomic E-state index is 13.7. The van der Waals surface area contributed by atoms with Crippen molar-refractivity contribution >= 4 is 28.5 Å². The number of nitrogens with zero attached hydrogens (tertiary/aromatic N) is 6. The molecule has 78 heavy (non-hydrogen) atoms. The number of hydrogen-bond acceptors (Lipinski definition) is 8. The molecule has 2 aromatic heterocycles. The average molecular weight is 1130 g/mol. The number of pyridine rings is 2. The van der Waals surface area contributed by atoms with Gasteiger partial charge in [-0.1, -0.05) is 90.0 Å². The summed E-state index contributed by atoms with van der Waals surface area (Å²) in [5.74, 6) is -13.6. The van der Waals surface area contributed by atoms with Crippen molar-refractivity contribution in [3.63, 3.8) is 0 Å². The molecule has 0 N–H and O–H groups in total. The van der Waals surface area contributed by atoms with E-state index in [0.29, 0.717) is 5.69 Å². The van der Waals surface area contributed by atoms with Crippen molar-refractivity contribution in [3.8, 4) is 68.8 Å². The third-order valence-electron chi connectivity index (χ3n) is 13.0. The number of hydrogen-bond donors (Lipinski definition) is 0. The SMILES string of the molecule is CC1(C)OB(c2ccc(C#N)nc2)OC1(C)C.Cc1ccc(-c2ccc3c(c2)-c2cc(-c4ccc(C)cc4)ccc2C3)cc1.N#Cc1c(F)c(F)c(Br)c(F)c1F.N#Cc1ccc(-c2c(F)c(F)c(C#N)c(F)c2F)cn1.[H-].[Na+]. The Hall–Kier alpha value is -7.52. The first-order valence-electron chi connectivity index (χ1n) is 23.2. The fraction of sp³-hybridized carbons (Fsp3) is 0.153. The number of rotatable bonds is 4. The van der Waals surface area contributed by atoms with Crippen LogP contribution in [0.2, 0.25) is 0 Å². The molecular formula is C59H41BBrF8N6NaO2. The first-order chi connectivity index (χ1) is 36.5. The molecule has 6 aromatic carbocycles. The van der Waals surface area contributed by atoms with Gasteiger partial charge in [0.1, 0.15) is 46.8 Å². The maximum Gasteiger partial charge on any atom is 1.00 e. The van der Waals surface area contributed by atoms with Crippen LogP contribution in [0.4, 0.5) is 35.1 Å². The van der Waals surface area contributed by atoms with E-state index in [4.69, 9.17) is 30.4 Å². The third kappa shape index (κ3) is 12.6. The third-order valence-corrected chi connectivity index (χ3v) is 13.6. The van der Waals surface area contributed by atoms with Gasteiger partial charge in [-0.2, -0.15) is 21.0 Å². The topological polar surface area (TPSA) is 139 Å². The molecule has 1 saturated heterocycles. The summed E-state index contributed by atoms with van der Waals surface area (Å²) in [7, 11) is -0.416. The Morgan fingerprint density at radius 1 is 0.487 bits per heavy atom. The second kappa shape index (κ2) is 24.9. The normalized spacial score (nSPS) is 12.9. The Kier molecular flexibility index (Phi) is 19.0. The van der Waals surface area contributed by atoms with E-state index in [2.05, 4.69) is 125 Å². The van der Waals surface area contributed by atoms with Gasteiger partial charge in [-0.3, -0.25) is 0 Å². The van der Waals surface area contributed by atoms with Crippen LogP contribution in [0.15, 0.2) is 126 Å². The van der Waals surface area contributed by atoms with Crippen LogP contribution in [0, 0.1) is 106 Å². The fourth-order valence-electron chi connectivity index (χ4n) is 7.90. The smallest absolute Gasteiger partial charge is 1.00 e. The van der Waals surface area contributed by atoms with Crippen molar-refractivity contribution in [2.45, 2.75) is 59.2 Å². The Balaban J connectivity index is 0.000000199. The van der Waals surface area contributed by atoms with E-state index in [0.717, 1.165) is 42.4 Å². The molecule has 0 radical (unpaired) electrons. The minimum absolute atomic E-state index is 0. The molecule has 1 aliphatic heterocycles. The molecule has 0 saturated carbocycles. The molecule has 0 spiro atoms. The van der Waals surface area contributed by atoms with Gasteiger partial charge >= 0.3 is 36.7 Å². The molecular weight excluding hydrogens is 1090 g/mol. The van der Waals surface area contributed by atoms with Gasteiger partial charge in [0.2, 0.25) is 0 Å². The summed E-state index contributed by atoms with van der Waals surface area (Å²) in [6, 6.07) is 42.9. The van der Waals surface area contributed by atoms with Crippen LogP contribution < -0.4 is 35.0 Å². The van der Waals surface area contributed by atoms with Crippen molar-refractivity contribution in [1.29, 1.82) is 21.0 Å². The Morgan fingerprint density at radius 3 is 1.22 bits per heavy atom. The Bertz CT molecular complexity index is 3590. The molecule has 8 nitrogen and oxygen atoms in total. The van der Waals surface area contributed by atoms with E-state index in [1.54, 1.807) is 18.3 Å². The average Bonchev–Trinajstić information content (AvgIpc) is 4.00. The predicted molar refractivity (Wildman–Crippen MR) is 278 cm³/mol. The number of aromatic nitrogens is 2. The van der Waals surface area contributed by atoms with Gasteiger partial charge in [0, 0.05) is 23.4 Å². The molecule has 0 bridgehead atoms. The van der Waals surface area contributed by atoms with Crippen LogP contribution in [0.5, 0.6) is 0 Å². The zero-order chi connectivity index (χ0) is 56.1. The molecule has 0 amide bonds. The van der Waals surface area contributed by atoms with Crippen LogP contribution in [-0.2, 0) is 15.7 Å². The minimum atomic E-state index is -1.77. The summed E-state index contributed by atoms with van der Waals surface area (Å²) < 4.78 is 116. The van der Waals surface area contributed by atoms with E-state index in [-0.39, 0.29) is 53.4 Å². The van der Waals surface area contributed by atoms with Gasteiger partial charge in [0.25, 0.3) is 0 Å². The molecule has 8 aromatic rings. The largest absolute Gasteiger partial charge is 1.00 e. The van der Waals surface area contributed by atoms with Crippen LogP contribution in [0.3, 0.4) is 0 Å². The zero-order valence-electron chi connectivity index (χ0n) is 43.7. The van der Waals surface area contributed by atoms with Crippen LogP contribution in [0.25, 0.3) is 44.5 Å². The quantitative estimate of drug-likeness (QED) is 0.0735. The Morgan fingerprint density at radius 2 is 0.859 bits per heavy atom. The first-order valence-corrected chi connectivity index (χ1v) is 24.0. The summed E-state index contributed by atoms with van der Waals surface area (Å²) >= 11 is 2.30. The molecule has 1 aliphatic carbocycles. The first kappa shape index (κ1) is 59.7. The minimum Gasteiger partial charge on any atom is -1.00 e. The van der Waals surface area contributed by atoms with Gasteiger partial charge in [-0.05, 0) is 139 Å². The zero-order valence-corrected chi connectivity index (χ0v) is 46.3. The van der Waals surface area contributed by atoms with Crippen LogP contribution >= 0.6 is 15.9 Å². The summed E-state index contributed by atoms with van der Waals surface area (Å²) in [5, 5.41) is 33.9. The van der Waals surface area contributed by atoms with Crippen LogP contribution in [0.1, 0.15) is 73.9 Å². The molecule has 1 fully saturated rings.